The van der Waals surface area contributed by atoms with E-state index in [2.05, 4.69) is 16.0 Å². The maximum Gasteiger partial charge on any atom is 0.223 e. The van der Waals surface area contributed by atoms with Crippen LogP contribution in [-0.4, -0.2) is 38.5 Å². The fourth-order valence-corrected chi connectivity index (χ4v) is 1.86. The van der Waals surface area contributed by atoms with Crippen molar-refractivity contribution in [3.8, 4) is 0 Å². The fourth-order valence-electron chi connectivity index (χ4n) is 1.86. The molecule has 1 aliphatic rings. The van der Waals surface area contributed by atoms with Gasteiger partial charge in [-0.25, -0.2) is 0 Å². The number of amides is 2. The summed E-state index contributed by atoms with van der Waals surface area (Å²) in [6, 6.07) is 0. The molecule has 6 heteroatoms. The molecule has 0 heterocycles. The lowest BCUT2D eigenvalue weighted by Crippen LogP contribution is -2.36. The van der Waals surface area contributed by atoms with Crippen LogP contribution in [0.4, 0.5) is 0 Å². The molecular formula is C13H26ClN3O2. The van der Waals surface area contributed by atoms with Crippen molar-refractivity contribution in [2.45, 2.75) is 38.5 Å². The third-order valence-electron chi connectivity index (χ3n) is 3.28. The molecule has 5 nitrogen and oxygen atoms in total. The molecule has 0 bridgehead atoms. The van der Waals surface area contributed by atoms with Crippen LogP contribution < -0.4 is 16.0 Å². The number of hydrogen-bond acceptors (Lipinski definition) is 3. The molecule has 0 aromatic heterocycles. The summed E-state index contributed by atoms with van der Waals surface area (Å²) >= 11 is 0. The molecule has 0 unspecified atom stereocenters. The lowest BCUT2D eigenvalue weighted by molar-refractivity contribution is -0.127. The van der Waals surface area contributed by atoms with E-state index >= 15 is 0 Å². The highest BCUT2D eigenvalue weighted by molar-refractivity contribution is 5.85. The quantitative estimate of drug-likeness (QED) is 0.551. The maximum atomic E-state index is 11.5. The normalized spacial score (nSPS) is 14.2. The van der Waals surface area contributed by atoms with Gasteiger partial charge in [0.25, 0.3) is 0 Å². The summed E-state index contributed by atoms with van der Waals surface area (Å²) in [6.07, 6.45) is 5.48. The van der Waals surface area contributed by atoms with Crippen molar-refractivity contribution in [2.24, 2.45) is 5.92 Å². The minimum atomic E-state index is 0. The number of rotatable bonds is 9. The fraction of sp³-hybridized carbons (Fsp3) is 0.846. The van der Waals surface area contributed by atoms with Crippen LogP contribution in [0.1, 0.15) is 38.5 Å². The number of nitrogens with one attached hydrogen (secondary N) is 3. The Hall–Kier alpha value is -0.810. The van der Waals surface area contributed by atoms with Crippen LogP contribution >= 0.6 is 12.4 Å². The number of halogens is 1. The predicted molar refractivity (Wildman–Crippen MR) is 78.4 cm³/mol. The first-order valence-electron chi connectivity index (χ1n) is 6.93. The Balaban J connectivity index is 0.00000324. The highest BCUT2D eigenvalue weighted by Gasteiger charge is 2.24. The first-order chi connectivity index (χ1) is 8.74. The van der Waals surface area contributed by atoms with Crippen molar-refractivity contribution in [1.82, 2.24) is 16.0 Å². The molecule has 0 aliphatic heterocycles. The summed E-state index contributed by atoms with van der Waals surface area (Å²) in [6.45, 7) is 2.17. The van der Waals surface area contributed by atoms with Gasteiger partial charge in [0.05, 0.1) is 0 Å². The summed E-state index contributed by atoms with van der Waals surface area (Å²) in [5.41, 5.74) is 0. The first-order valence-corrected chi connectivity index (χ1v) is 6.93. The van der Waals surface area contributed by atoms with E-state index in [-0.39, 0.29) is 30.1 Å². The SMILES string of the molecule is CNCCCC(=O)NCCCNC(=O)C1CCC1.Cl. The number of hydrogen-bond donors (Lipinski definition) is 3. The van der Waals surface area contributed by atoms with Gasteiger partial charge in [0.15, 0.2) is 0 Å². The summed E-state index contributed by atoms with van der Waals surface area (Å²) in [5.74, 6) is 0.526. The summed E-state index contributed by atoms with van der Waals surface area (Å²) in [5, 5.41) is 8.77. The minimum absolute atomic E-state index is 0. The maximum absolute atomic E-state index is 11.5. The zero-order chi connectivity index (χ0) is 13.2. The zero-order valence-electron chi connectivity index (χ0n) is 11.7. The van der Waals surface area contributed by atoms with E-state index in [1.165, 1.54) is 6.42 Å². The molecule has 0 aromatic rings. The molecule has 1 fully saturated rings. The summed E-state index contributed by atoms with van der Waals surface area (Å²) in [4.78, 5) is 22.8. The van der Waals surface area contributed by atoms with E-state index in [1.54, 1.807) is 0 Å². The van der Waals surface area contributed by atoms with E-state index in [0.717, 1.165) is 32.2 Å². The second kappa shape index (κ2) is 11.1. The zero-order valence-corrected chi connectivity index (χ0v) is 12.5. The van der Waals surface area contributed by atoms with Crippen molar-refractivity contribution in [2.75, 3.05) is 26.7 Å². The average Bonchev–Trinajstić information content (AvgIpc) is 2.26. The molecule has 112 valence electrons. The third-order valence-corrected chi connectivity index (χ3v) is 3.28. The van der Waals surface area contributed by atoms with E-state index in [4.69, 9.17) is 0 Å². The Morgan fingerprint density at radius 2 is 1.74 bits per heavy atom. The molecular weight excluding hydrogens is 266 g/mol. The van der Waals surface area contributed by atoms with Crippen LogP contribution in [-0.2, 0) is 9.59 Å². The Morgan fingerprint density at radius 1 is 1.05 bits per heavy atom. The monoisotopic (exact) mass is 291 g/mol. The molecule has 0 radical (unpaired) electrons. The van der Waals surface area contributed by atoms with Gasteiger partial charge in [-0.1, -0.05) is 6.42 Å². The minimum Gasteiger partial charge on any atom is -0.356 e. The van der Waals surface area contributed by atoms with Crippen LogP contribution in [0.2, 0.25) is 0 Å². The smallest absolute Gasteiger partial charge is 0.223 e. The highest BCUT2D eigenvalue weighted by Crippen LogP contribution is 2.25. The molecule has 3 N–H and O–H groups in total. The predicted octanol–water partition coefficient (Wildman–Crippen LogP) is 0.830. The first kappa shape index (κ1) is 18.2. The van der Waals surface area contributed by atoms with Gasteiger partial charge in [0.2, 0.25) is 11.8 Å². The van der Waals surface area contributed by atoms with Gasteiger partial charge in [0, 0.05) is 25.4 Å². The van der Waals surface area contributed by atoms with Crippen LogP contribution in [0.5, 0.6) is 0 Å². The molecule has 0 aromatic carbocycles. The van der Waals surface area contributed by atoms with Crippen molar-refractivity contribution < 1.29 is 9.59 Å². The Labute approximate surface area is 121 Å². The van der Waals surface area contributed by atoms with E-state index < -0.39 is 0 Å². The third kappa shape index (κ3) is 8.06. The van der Waals surface area contributed by atoms with Crippen molar-refractivity contribution in [3.05, 3.63) is 0 Å². The van der Waals surface area contributed by atoms with E-state index in [0.29, 0.717) is 19.5 Å². The second-order valence-electron chi connectivity index (χ2n) is 4.83. The Bertz CT molecular complexity index is 271. The largest absolute Gasteiger partial charge is 0.356 e. The highest BCUT2D eigenvalue weighted by atomic mass is 35.5. The van der Waals surface area contributed by atoms with Gasteiger partial charge >= 0.3 is 0 Å². The van der Waals surface area contributed by atoms with Gasteiger partial charge in [-0.05, 0) is 39.3 Å². The summed E-state index contributed by atoms with van der Waals surface area (Å²) < 4.78 is 0. The lowest BCUT2D eigenvalue weighted by atomic mass is 9.85. The lowest BCUT2D eigenvalue weighted by Gasteiger charge is -2.23. The van der Waals surface area contributed by atoms with Crippen molar-refractivity contribution in [1.29, 1.82) is 0 Å². The Kier molecular flexibility index (Phi) is 10.6. The van der Waals surface area contributed by atoms with E-state index in [9.17, 15) is 9.59 Å². The van der Waals surface area contributed by atoms with Crippen molar-refractivity contribution >= 4 is 24.2 Å². The van der Waals surface area contributed by atoms with E-state index in [1.807, 2.05) is 7.05 Å². The number of carbonyl (C=O) groups is 2. The molecule has 0 spiro atoms. The van der Waals surface area contributed by atoms with Gasteiger partial charge in [-0.2, -0.15) is 0 Å². The van der Waals surface area contributed by atoms with Crippen LogP contribution in [0.15, 0.2) is 0 Å². The molecule has 0 atom stereocenters. The molecule has 19 heavy (non-hydrogen) atoms. The second-order valence-corrected chi connectivity index (χ2v) is 4.83. The summed E-state index contributed by atoms with van der Waals surface area (Å²) in [7, 11) is 1.88. The Morgan fingerprint density at radius 3 is 2.32 bits per heavy atom. The van der Waals surface area contributed by atoms with Gasteiger partial charge in [0.1, 0.15) is 0 Å². The van der Waals surface area contributed by atoms with Gasteiger partial charge < -0.3 is 16.0 Å². The van der Waals surface area contributed by atoms with Crippen LogP contribution in [0.3, 0.4) is 0 Å². The van der Waals surface area contributed by atoms with Crippen LogP contribution in [0, 0.1) is 5.92 Å². The molecule has 2 amide bonds. The molecule has 1 aliphatic carbocycles. The average molecular weight is 292 g/mol. The molecule has 1 rings (SSSR count). The topological polar surface area (TPSA) is 70.2 Å². The standard InChI is InChI=1S/C13H25N3O2.ClH/c1-14-8-3-7-12(17)15-9-4-10-16-13(18)11-5-2-6-11;/h11,14H,2-10H2,1H3,(H,15,17)(H,16,18);1H. The molecule has 1 saturated carbocycles. The molecule has 0 saturated heterocycles. The van der Waals surface area contributed by atoms with Crippen molar-refractivity contribution in [3.63, 3.8) is 0 Å². The number of carbonyl (C=O) groups excluding carboxylic acids is 2. The van der Waals surface area contributed by atoms with Crippen LogP contribution in [0.25, 0.3) is 0 Å². The van der Waals surface area contributed by atoms with Gasteiger partial charge in [-0.3, -0.25) is 9.59 Å². The van der Waals surface area contributed by atoms with Gasteiger partial charge in [-0.15, -0.1) is 12.4 Å².